The van der Waals surface area contributed by atoms with Gasteiger partial charge >= 0.3 is 0 Å². The van der Waals surface area contributed by atoms with Crippen molar-refractivity contribution in [2.45, 2.75) is 39.2 Å². The van der Waals surface area contributed by atoms with E-state index in [9.17, 15) is 0 Å². The highest BCUT2D eigenvalue weighted by molar-refractivity contribution is 9.10. The normalized spacial score (nSPS) is 25.7. The third-order valence-electron chi connectivity index (χ3n) is 3.56. The predicted molar refractivity (Wildman–Crippen MR) is 70.6 cm³/mol. The average Bonchev–Trinajstić information content (AvgIpc) is 2.32. The summed E-state index contributed by atoms with van der Waals surface area (Å²) in [5.74, 6) is 0.831. The van der Waals surface area contributed by atoms with Gasteiger partial charge < -0.3 is 4.74 Å². The van der Waals surface area contributed by atoms with Gasteiger partial charge in [0.15, 0.2) is 0 Å². The lowest BCUT2D eigenvalue weighted by Gasteiger charge is -2.30. The number of rotatable bonds is 2. The summed E-state index contributed by atoms with van der Waals surface area (Å²) in [6.45, 7) is 5.36. The Hall–Kier alpha value is -0.340. The number of hydrogen-bond donors (Lipinski definition) is 0. The molecule has 1 nitrogen and oxygen atoms in total. The summed E-state index contributed by atoms with van der Waals surface area (Å²) in [5.41, 5.74) is 2.69. The van der Waals surface area contributed by atoms with E-state index >= 15 is 0 Å². The zero-order chi connectivity index (χ0) is 11.5. The van der Waals surface area contributed by atoms with Gasteiger partial charge in [-0.25, -0.2) is 0 Å². The maximum atomic E-state index is 5.91. The molecule has 0 saturated carbocycles. The molecule has 0 amide bonds. The van der Waals surface area contributed by atoms with Gasteiger partial charge in [0.1, 0.15) is 0 Å². The van der Waals surface area contributed by atoms with Crippen molar-refractivity contribution in [1.29, 1.82) is 0 Å². The highest BCUT2D eigenvalue weighted by Crippen LogP contribution is 2.35. The number of benzene rings is 1. The average molecular weight is 283 g/mol. The van der Waals surface area contributed by atoms with Crippen molar-refractivity contribution < 1.29 is 4.74 Å². The maximum absolute atomic E-state index is 5.91. The first-order valence-corrected chi connectivity index (χ1v) is 6.87. The van der Waals surface area contributed by atoms with E-state index in [0.29, 0.717) is 6.10 Å². The molecule has 0 aliphatic carbocycles. The quantitative estimate of drug-likeness (QED) is 0.768. The molecule has 2 heteroatoms. The summed E-state index contributed by atoms with van der Waals surface area (Å²) >= 11 is 3.54. The molecule has 0 spiro atoms. The topological polar surface area (TPSA) is 9.23 Å². The molecule has 0 radical (unpaired) electrons. The molecular weight excluding hydrogens is 264 g/mol. The maximum Gasteiger partial charge on any atom is 0.0830 e. The molecule has 1 aliphatic rings. The summed E-state index contributed by atoms with van der Waals surface area (Å²) in [4.78, 5) is 0. The zero-order valence-electron chi connectivity index (χ0n) is 10.0. The third kappa shape index (κ3) is 2.67. The Morgan fingerprint density at radius 1 is 1.44 bits per heavy atom. The van der Waals surface area contributed by atoms with E-state index < -0.39 is 0 Å². The van der Waals surface area contributed by atoms with E-state index in [4.69, 9.17) is 4.74 Å². The Kier molecular flexibility index (Phi) is 4.04. The molecule has 1 aromatic carbocycles. The first-order valence-electron chi connectivity index (χ1n) is 6.08. The summed E-state index contributed by atoms with van der Waals surface area (Å²) in [6, 6.07) is 6.47. The van der Waals surface area contributed by atoms with E-state index in [1.807, 2.05) is 0 Å². The van der Waals surface area contributed by atoms with Gasteiger partial charge in [-0.1, -0.05) is 35.3 Å². The molecule has 16 heavy (non-hydrogen) atoms. The molecule has 1 aliphatic heterocycles. The second-order valence-electron chi connectivity index (χ2n) is 4.66. The monoisotopic (exact) mass is 282 g/mol. The van der Waals surface area contributed by atoms with Crippen LogP contribution in [0.1, 0.15) is 43.4 Å². The summed E-state index contributed by atoms with van der Waals surface area (Å²) < 4.78 is 7.06. The fourth-order valence-electron chi connectivity index (χ4n) is 2.41. The second kappa shape index (κ2) is 5.33. The Morgan fingerprint density at radius 3 is 3.00 bits per heavy atom. The van der Waals surface area contributed by atoms with Crippen molar-refractivity contribution in [3.05, 3.63) is 33.8 Å². The van der Waals surface area contributed by atoms with Crippen LogP contribution in [0.2, 0.25) is 0 Å². The van der Waals surface area contributed by atoms with Gasteiger partial charge in [-0.3, -0.25) is 0 Å². The van der Waals surface area contributed by atoms with Crippen LogP contribution in [0, 0.1) is 12.8 Å². The van der Waals surface area contributed by atoms with Crippen LogP contribution in [0.3, 0.4) is 0 Å². The molecule has 1 saturated heterocycles. The lowest BCUT2D eigenvalue weighted by Crippen LogP contribution is -2.20. The molecule has 1 heterocycles. The molecular formula is C14H19BrO. The zero-order valence-corrected chi connectivity index (χ0v) is 11.6. The predicted octanol–water partition coefficient (Wildman–Crippen LogP) is 4.64. The van der Waals surface area contributed by atoms with Crippen LogP contribution >= 0.6 is 15.9 Å². The summed E-state index contributed by atoms with van der Waals surface area (Å²) in [5, 5.41) is 0. The van der Waals surface area contributed by atoms with E-state index in [2.05, 4.69) is 48.0 Å². The molecule has 88 valence electrons. The minimum atomic E-state index is 0.302. The minimum absolute atomic E-state index is 0.302. The standard InChI is InChI=1S/C14H19BrO/c1-3-11-6-7-16-14(8-11)13-9-12(15)5-4-10(13)2/h4-5,9,11,14H,3,6-8H2,1-2H3. The van der Waals surface area contributed by atoms with Crippen molar-refractivity contribution in [3.63, 3.8) is 0 Å². The van der Waals surface area contributed by atoms with Gasteiger partial charge in [-0.15, -0.1) is 0 Å². The van der Waals surface area contributed by atoms with Gasteiger partial charge in [-0.2, -0.15) is 0 Å². The summed E-state index contributed by atoms with van der Waals surface area (Å²) in [6.07, 6.45) is 3.97. The smallest absolute Gasteiger partial charge is 0.0830 e. The van der Waals surface area contributed by atoms with Crippen molar-refractivity contribution in [1.82, 2.24) is 0 Å². The van der Waals surface area contributed by atoms with Crippen LogP contribution in [0.25, 0.3) is 0 Å². The summed E-state index contributed by atoms with van der Waals surface area (Å²) in [7, 11) is 0. The number of aryl methyl sites for hydroxylation is 1. The van der Waals surface area contributed by atoms with E-state index in [1.54, 1.807) is 0 Å². The van der Waals surface area contributed by atoms with E-state index in [1.165, 1.54) is 30.4 Å². The van der Waals surface area contributed by atoms with Gasteiger partial charge in [-0.05, 0) is 48.9 Å². The second-order valence-corrected chi connectivity index (χ2v) is 5.57. The molecule has 1 aromatic rings. The largest absolute Gasteiger partial charge is 0.373 e. The molecule has 1 fully saturated rings. The van der Waals surface area contributed by atoms with Crippen molar-refractivity contribution in [2.24, 2.45) is 5.92 Å². The Morgan fingerprint density at radius 2 is 2.25 bits per heavy atom. The first-order chi connectivity index (χ1) is 7.70. The van der Waals surface area contributed by atoms with Gasteiger partial charge in [0.2, 0.25) is 0 Å². The third-order valence-corrected chi connectivity index (χ3v) is 4.05. The Bertz CT molecular complexity index is 362. The molecule has 0 N–H and O–H groups in total. The van der Waals surface area contributed by atoms with E-state index in [0.717, 1.165) is 17.0 Å². The SMILES string of the molecule is CCC1CCOC(c2cc(Br)ccc2C)C1. The van der Waals surface area contributed by atoms with Crippen LogP contribution in [-0.2, 0) is 4.74 Å². The lowest BCUT2D eigenvalue weighted by molar-refractivity contribution is -0.0114. The molecule has 0 bridgehead atoms. The van der Waals surface area contributed by atoms with Crippen LogP contribution in [0.4, 0.5) is 0 Å². The molecule has 2 rings (SSSR count). The van der Waals surface area contributed by atoms with Crippen molar-refractivity contribution in [2.75, 3.05) is 6.61 Å². The Labute approximate surface area is 106 Å². The fraction of sp³-hybridized carbons (Fsp3) is 0.571. The molecule has 2 unspecified atom stereocenters. The molecule has 0 aromatic heterocycles. The van der Waals surface area contributed by atoms with Crippen LogP contribution in [-0.4, -0.2) is 6.61 Å². The fourth-order valence-corrected chi connectivity index (χ4v) is 2.79. The first kappa shape index (κ1) is 12.1. The van der Waals surface area contributed by atoms with E-state index in [-0.39, 0.29) is 0 Å². The Balaban J connectivity index is 2.19. The highest BCUT2D eigenvalue weighted by atomic mass is 79.9. The van der Waals surface area contributed by atoms with Gasteiger partial charge in [0.05, 0.1) is 6.10 Å². The van der Waals surface area contributed by atoms with Crippen molar-refractivity contribution >= 4 is 15.9 Å². The van der Waals surface area contributed by atoms with Crippen molar-refractivity contribution in [3.8, 4) is 0 Å². The van der Waals surface area contributed by atoms with Gasteiger partial charge in [0.25, 0.3) is 0 Å². The number of hydrogen-bond acceptors (Lipinski definition) is 1. The number of halogens is 1. The van der Waals surface area contributed by atoms with Crippen LogP contribution < -0.4 is 0 Å². The highest BCUT2D eigenvalue weighted by Gasteiger charge is 2.23. The van der Waals surface area contributed by atoms with Crippen LogP contribution in [0.5, 0.6) is 0 Å². The number of ether oxygens (including phenoxy) is 1. The molecule has 2 atom stereocenters. The lowest BCUT2D eigenvalue weighted by atomic mass is 9.89. The van der Waals surface area contributed by atoms with Gasteiger partial charge in [0, 0.05) is 11.1 Å². The van der Waals surface area contributed by atoms with Crippen LogP contribution in [0.15, 0.2) is 22.7 Å². The minimum Gasteiger partial charge on any atom is -0.373 e.